The number of hydrogen-bond donors (Lipinski definition) is 4. The van der Waals surface area contributed by atoms with E-state index in [1.807, 2.05) is 30.3 Å². The van der Waals surface area contributed by atoms with Crippen LogP contribution in [0, 0.1) is 5.92 Å². The van der Waals surface area contributed by atoms with Crippen LogP contribution in [0.1, 0.15) is 30.7 Å². The summed E-state index contributed by atoms with van der Waals surface area (Å²) in [5.74, 6) is -2.29. The number of hydrogen-bond acceptors (Lipinski definition) is 9. The number of carboxylic acids is 1. The van der Waals surface area contributed by atoms with Crippen LogP contribution in [-0.2, 0) is 42.9 Å². The first-order valence-electron chi connectivity index (χ1n) is 13.2. The first kappa shape index (κ1) is 32.8. The second-order valence-electron chi connectivity index (χ2n) is 8.97. The summed E-state index contributed by atoms with van der Waals surface area (Å²) in [6.07, 6.45) is 2.20. The van der Waals surface area contributed by atoms with Gasteiger partial charge < -0.3 is 40.0 Å². The summed E-state index contributed by atoms with van der Waals surface area (Å²) in [6.45, 7) is 1.83. The summed E-state index contributed by atoms with van der Waals surface area (Å²) >= 11 is 0. The highest BCUT2D eigenvalue weighted by atomic mass is 16.5. The van der Waals surface area contributed by atoms with Gasteiger partial charge in [0.15, 0.2) is 0 Å². The maximum atomic E-state index is 12.5. The lowest BCUT2D eigenvalue weighted by Gasteiger charge is -2.14. The number of carbonyl (C=O) groups is 4. The smallest absolute Gasteiger partial charge is 0.326 e. The highest BCUT2D eigenvalue weighted by Gasteiger charge is 2.44. The van der Waals surface area contributed by atoms with Crippen molar-refractivity contribution in [1.29, 1.82) is 0 Å². The van der Waals surface area contributed by atoms with Crippen molar-refractivity contribution >= 4 is 30.0 Å². The number of aliphatic carboxylic acids is 1. The van der Waals surface area contributed by atoms with Gasteiger partial charge in [-0.2, -0.15) is 0 Å². The Kier molecular flexibility index (Phi) is 16.1. The van der Waals surface area contributed by atoms with E-state index in [2.05, 4.69) is 16.0 Å². The lowest BCUT2D eigenvalue weighted by Crippen LogP contribution is -2.42. The molecule has 0 aromatic heterocycles. The third-order valence-electron chi connectivity index (χ3n) is 5.90. The maximum absolute atomic E-state index is 12.5. The Morgan fingerprint density at radius 2 is 1.50 bits per heavy atom. The van der Waals surface area contributed by atoms with Crippen LogP contribution in [0.15, 0.2) is 30.3 Å². The molecule has 13 nitrogen and oxygen atoms in total. The molecule has 1 saturated carbocycles. The first-order chi connectivity index (χ1) is 19.4. The topological polar surface area (TPSA) is 179 Å². The highest BCUT2D eigenvalue weighted by Crippen LogP contribution is 2.47. The molecule has 1 aliphatic carbocycles. The van der Waals surface area contributed by atoms with Gasteiger partial charge in [-0.15, -0.1) is 0 Å². The fourth-order valence-electron chi connectivity index (χ4n) is 3.75. The monoisotopic (exact) mass is 564 g/mol. The zero-order chi connectivity index (χ0) is 29.0. The van der Waals surface area contributed by atoms with E-state index in [4.69, 9.17) is 18.9 Å². The molecule has 4 N–H and O–H groups in total. The van der Waals surface area contributed by atoms with E-state index in [-0.39, 0.29) is 88.6 Å². The van der Waals surface area contributed by atoms with Crippen molar-refractivity contribution in [3.8, 4) is 0 Å². The molecule has 1 radical (unpaired) electrons. The van der Waals surface area contributed by atoms with Gasteiger partial charge in [0.2, 0.25) is 24.0 Å². The maximum Gasteiger partial charge on any atom is 0.326 e. The number of rotatable bonds is 23. The van der Waals surface area contributed by atoms with Crippen LogP contribution in [0.5, 0.6) is 0 Å². The number of carbonyl (C=O) groups excluding carboxylic acids is 4. The number of benzene rings is 1. The van der Waals surface area contributed by atoms with Crippen molar-refractivity contribution in [3.05, 3.63) is 35.9 Å². The second-order valence-corrected chi connectivity index (χ2v) is 8.97. The van der Waals surface area contributed by atoms with Gasteiger partial charge >= 0.3 is 5.97 Å². The van der Waals surface area contributed by atoms with Crippen molar-refractivity contribution in [2.24, 2.45) is 5.92 Å². The van der Waals surface area contributed by atoms with Crippen LogP contribution in [0.4, 0.5) is 0 Å². The standard InChI is InChI=1S/C27H38N3O10/c31-10-13-39-15-14-37-12-9-29-25(33)19-40-17-16-38-11-8-28-24(32)7-6-23(27(35)36)30-26(34)22-18-21(22)20-4-2-1-3-5-20/h1-5,21-23H,6-9,11-19H2,(H,28,32)(H,29,33)(H,30,34)(H,35,36)/t21?,22?,23-/m0/s1. The Morgan fingerprint density at radius 3 is 2.15 bits per heavy atom. The lowest BCUT2D eigenvalue weighted by molar-refractivity contribution is -0.142. The third kappa shape index (κ3) is 14.1. The summed E-state index contributed by atoms with van der Waals surface area (Å²) in [5, 5.41) is 17.3. The summed E-state index contributed by atoms with van der Waals surface area (Å²) in [7, 11) is 0. The predicted molar refractivity (Wildman–Crippen MR) is 141 cm³/mol. The molecule has 3 atom stereocenters. The van der Waals surface area contributed by atoms with E-state index in [1.165, 1.54) is 0 Å². The molecule has 0 bridgehead atoms. The normalized spacial score (nSPS) is 16.5. The molecular formula is C27H38N3O10. The van der Waals surface area contributed by atoms with E-state index < -0.39 is 12.0 Å². The molecule has 2 unspecified atom stereocenters. The number of carboxylic acid groups (broad SMARTS) is 1. The molecule has 3 amide bonds. The molecule has 221 valence electrons. The molecule has 1 aromatic rings. The Labute approximate surface area is 233 Å². The fraction of sp³-hybridized carbons (Fsp3) is 0.593. The molecule has 2 rings (SSSR count). The molecule has 13 heteroatoms. The predicted octanol–water partition coefficient (Wildman–Crippen LogP) is -0.452. The van der Waals surface area contributed by atoms with Crippen LogP contribution >= 0.6 is 0 Å². The Hall–Kier alpha value is -3.39. The molecule has 1 aliphatic rings. The van der Waals surface area contributed by atoms with Crippen LogP contribution in [0.2, 0.25) is 0 Å². The molecule has 40 heavy (non-hydrogen) atoms. The Morgan fingerprint density at radius 1 is 0.875 bits per heavy atom. The summed E-state index contributed by atoms with van der Waals surface area (Å²) < 4.78 is 20.6. The quantitative estimate of drug-likeness (QED) is 0.127. The minimum atomic E-state index is -1.18. The first-order valence-corrected chi connectivity index (χ1v) is 13.2. The van der Waals surface area contributed by atoms with Gasteiger partial charge in [-0.25, -0.2) is 4.79 Å². The van der Waals surface area contributed by atoms with Gasteiger partial charge in [0.25, 0.3) is 0 Å². The van der Waals surface area contributed by atoms with E-state index in [1.54, 1.807) is 6.29 Å². The fourth-order valence-corrected chi connectivity index (χ4v) is 3.75. The van der Waals surface area contributed by atoms with Crippen molar-refractivity contribution in [3.63, 3.8) is 0 Å². The van der Waals surface area contributed by atoms with E-state index in [9.17, 15) is 29.1 Å². The molecule has 0 saturated heterocycles. The van der Waals surface area contributed by atoms with Gasteiger partial charge in [-0.1, -0.05) is 30.3 Å². The van der Waals surface area contributed by atoms with Crippen molar-refractivity contribution in [1.82, 2.24) is 16.0 Å². The molecule has 1 fully saturated rings. The van der Waals surface area contributed by atoms with Crippen molar-refractivity contribution < 1.29 is 48.0 Å². The zero-order valence-corrected chi connectivity index (χ0v) is 22.4. The average Bonchev–Trinajstić information content (AvgIpc) is 3.75. The number of nitrogens with one attached hydrogen (secondary N) is 3. The SMILES string of the molecule is O=[C]COCCOCCNC(=O)COCCOCCNC(=O)CC[C@H](NC(=O)C1CC1c1ccccc1)C(=O)O. The molecule has 1 aromatic carbocycles. The van der Waals surface area contributed by atoms with E-state index >= 15 is 0 Å². The van der Waals surface area contributed by atoms with Crippen molar-refractivity contribution in [2.75, 3.05) is 65.9 Å². The molecule has 0 heterocycles. The van der Waals surface area contributed by atoms with Gasteiger partial charge in [-0.05, 0) is 24.3 Å². The summed E-state index contributed by atoms with van der Waals surface area (Å²) in [5.41, 5.74) is 1.06. The van der Waals surface area contributed by atoms with Gasteiger partial charge in [0, 0.05) is 25.4 Å². The summed E-state index contributed by atoms with van der Waals surface area (Å²) in [6, 6.07) is 8.47. The minimum Gasteiger partial charge on any atom is -0.480 e. The highest BCUT2D eigenvalue weighted by molar-refractivity contribution is 5.88. The average molecular weight is 565 g/mol. The Balaban J connectivity index is 1.44. The van der Waals surface area contributed by atoms with E-state index in [0.29, 0.717) is 26.2 Å². The Bertz CT molecular complexity index is 930. The van der Waals surface area contributed by atoms with Crippen LogP contribution in [0.25, 0.3) is 0 Å². The van der Waals surface area contributed by atoms with Crippen LogP contribution in [-0.4, -0.2) is 107 Å². The molecular weight excluding hydrogens is 526 g/mol. The third-order valence-corrected chi connectivity index (χ3v) is 5.90. The lowest BCUT2D eigenvalue weighted by atomic mass is 10.1. The van der Waals surface area contributed by atoms with Gasteiger partial charge in [0.05, 0.1) is 39.6 Å². The largest absolute Gasteiger partial charge is 0.480 e. The molecule has 0 spiro atoms. The number of ether oxygens (including phenoxy) is 4. The van der Waals surface area contributed by atoms with Crippen LogP contribution < -0.4 is 16.0 Å². The van der Waals surface area contributed by atoms with Gasteiger partial charge in [-0.3, -0.25) is 19.2 Å². The minimum absolute atomic E-state index is 0.0206. The second kappa shape index (κ2) is 19.6. The molecule has 0 aliphatic heterocycles. The van der Waals surface area contributed by atoms with Crippen LogP contribution in [0.3, 0.4) is 0 Å². The summed E-state index contributed by atoms with van der Waals surface area (Å²) in [4.78, 5) is 57.7. The number of amides is 3. The van der Waals surface area contributed by atoms with Gasteiger partial charge in [0.1, 0.15) is 19.3 Å². The van der Waals surface area contributed by atoms with E-state index in [0.717, 1.165) is 5.56 Å². The van der Waals surface area contributed by atoms with Crippen molar-refractivity contribution in [2.45, 2.75) is 31.2 Å². The zero-order valence-electron chi connectivity index (χ0n) is 22.4.